The quantitative estimate of drug-likeness (QED) is 0.899. The first-order valence-corrected chi connectivity index (χ1v) is 8.07. The maximum Gasteiger partial charge on any atom is 0.317 e. The van der Waals surface area contributed by atoms with Gasteiger partial charge in [-0.15, -0.1) is 0 Å². The average Bonchev–Trinajstić information content (AvgIpc) is 2.55. The fourth-order valence-corrected chi connectivity index (χ4v) is 2.43. The summed E-state index contributed by atoms with van der Waals surface area (Å²) in [4.78, 5) is 27.6. The van der Waals surface area contributed by atoms with Gasteiger partial charge in [0.2, 0.25) is 5.91 Å². The lowest BCUT2D eigenvalue weighted by Gasteiger charge is -2.35. The fraction of sp³-hybridized carbons (Fsp3) is 0.529. The Morgan fingerprint density at radius 1 is 1.09 bits per heavy atom. The number of para-hydroxylation sites is 1. The maximum absolute atomic E-state index is 12.2. The van der Waals surface area contributed by atoms with Crippen molar-refractivity contribution < 1.29 is 14.3 Å². The molecule has 1 aromatic carbocycles. The second-order valence-corrected chi connectivity index (χ2v) is 5.88. The Bertz CT molecular complexity index is 511. The molecule has 6 nitrogen and oxygen atoms in total. The van der Waals surface area contributed by atoms with E-state index < -0.39 is 0 Å². The summed E-state index contributed by atoms with van der Waals surface area (Å²) in [7, 11) is 0. The van der Waals surface area contributed by atoms with E-state index in [1.54, 1.807) is 9.80 Å². The highest BCUT2D eigenvalue weighted by Crippen LogP contribution is 2.09. The number of nitrogens with one attached hydrogen (secondary N) is 1. The Balaban J connectivity index is 1.68. The van der Waals surface area contributed by atoms with Crippen LogP contribution in [-0.4, -0.2) is 60.6 Å². The molecule has 0 spiro atoms. The van der Waals surface area contributed by atoms with Crippen LogP contribution in [0.3, 0.4) is 0 Å². The third-order valence-electron chi connectivity index (χ3n) is 3.66. The van der Waals surface area contributed by atoms with Gasteiger partial charge in [0.1, 0.15) is 5.75 Å². The summed E-state index contributed by atoms with van der Waals surface area (Å²) < 4.78 is 5.55. The van der Waals surface area contributed by atoms with Crippen LogP contribution in [0, 0.1) is 0 Å². The van der Waals surface area contributed by atoms with E-state index in [1.807, 2.05) is 44.2 Å². The van der Waals surface area contributed by atoms with Crippen molar-refractivity contribution in [2.45, 2.75) is 26.3 Å². The van der Waals surface area contributed by atoms with Gasteiger partial charge in [-0.05, 0) is 26.0 Å². The van der Waals surface area contributed by atoms with Crippen LogP contribution in [0.15, 0.2) is 30.3 Å². The largest absolute Gasteiger partial charge is 0.493 e. The summed E-state index contributed by atoms with van der Waals surface area (Å²) in [6.07, 6.45) is 0.354. The molecule has 0 bridgehead atoms. The normalized spacial score (nSPS) is 14.7. The van der Waals surface area contributed by atoms with Crippen LogP contribution in [0.2, 0.25) is 0 Å². The average molecular weight is 319 g/mol. The molecule has 0 atom stereocenters. The van der Waals surface area contributed by atoms with Crippen LogP contribution >= 0.6 is 0 Å². The Kier molecular flexibility index (Phi) is 6.26. The number of piperazine rings is 1. The molecular formula is C17H25N3O3. The smallest absolute Gasteiger partial charge is 0.317 e. The minimum atomic E-state index is -0.0560. The van der Waals surface area contributed by atoms with E-state index in [-0.39, 0.29) is 18.0 Å². The Hall–Kier alpha value is -2.24. The van der Waals surface area contributed by atoms with Gasteiger partial charge in [-0.3, -0.25) is 4.79 Å². The molecule has 2 rings (SSSR count). The van der Waals surface area contributed by atoms with Gasteiger partial charge >= 0.3 is 6.03 Å². The molecule has 1 aromatic rings. The van der Waals surface area contributed by atoms with Crippen molar-refractivity contribution in [2.24, 2.45) is 0 Å². The molecule has 0 radical (unpaired) electrons. The fourth-order valence-electron chi connectivity index (χ4n) is 2.43. The van der Waals surface area contributed by atoms with Gasteiger partial charge in [0.05, 0.1) is 13.0 Å². The molecular weight excluding hydrogens is 294 g/mol. The minimum Gasteiger partial charge on any atom is -0.493 e. The first kappa shape index (κ1) is 17.1. The molecule has 0 unspecified atom stereocenters. The van der Waals surface area contributed by atoms with E-state index in [1.165, 1.54) is 0 Å². The van der Waals surface area contributed by atoms with Gasteiger partial charge in [0, 0.05) is 32.2 Å². The summed E-state index contributed by atoms with van der Waals surface area (Å²) >= 11 is 0. The van der Waals surface area contributed by atoms with Crippen molar-refractivity contribution in [3.63, 3.8) is 0 Å². The second kappa shape index (κ2) is 8.41. The molecule has 1 fully saturated rings. The highest BCUT2D eigenvalue weighted by atomic mass is 16.5. The molecule has 6 heteroatoms. The summed E-state index contributed by atoms with van der Waals surface area (Å²) in [5, 5.41) is 2.87. The first-order valence-electron chi connectivity index (χ1n) is 8.07. The summed E-state index contributed by atoms with van der Waals surface area (Å²) in [6.45, 7) is 6.55. The number of ether oxygens (including phenoxy) is 1. The van der Waals surface area contributed by atoms with Crippen molar-refractivity contribution in [1.29, 1.82) is 0 Å². The maximum atomic E-state index is 12.2. The van der Waals surface area contributed by atoms with Crippen LogP contribution in [-0.2, 0) is 4.79 Å². The lowest BCUT2D eigenvalue weighted by Crippen LogP contribution is -2.54. The van der Waals surface area contributed by atoms with Crippen LogP contribution < -0.4 is 10.1 Å². The van der Waals surface area contributed by atoms with Gasteiger partial charge < -0.3 is 19.9 Å². The molecule has 0 saturated carbocycles. The van der Waals surface area contributed by atoms with Crippen LogP contribution in [0.5, 0.6) is 5.75 Å². The number of rotatable bonds is 5. The Morgan fingerprint density at radius 3 is 2.30 bits per heavy atom. The molecule has 0 aromatic heterocycles. The van der Waals surface area contributed by atoms with Gasteiger partial charge in [-0.1, -0.05) is 18.2 Å². The molecule has 1 heterocycles. The predicted molar refractivity (Wildman–Crippen MR) is 88.4 cm³/mol. The van der Waals surface area contributed by atoms with Gasteiger partial charge in [0.15, 0.2) is 0 Å². The third kappa shape index (κ3) is 5.47. The number of urea groups is 1. The van der Waals surface area contributed by atoms with Crippen molar-refractivity contribution in [3.05, 3.63) is 30.3 Å². The van der Waals surface area contributed by atoms with Crippen LogP contribution in [0.25, 0.3) is 0 Å². The second-order valence-electron chi connectivity index (χ2n) is 5.88. The highest BCUT2D eigenvalue weighted by molar-refractivity contribution is 5.77. The monoisotopic (exact) mass is 319 g/mol. The van der Waals surface area contributed by atoms with Gasteiger partial charge in [-0.2, -0.15) is 0 Å². The Morgan fingerprint density at radius 2 is 1.70 bits per heavy atom. The zero-order valence-corrected chi connectivity index (χ0v) is 13.8. The highest BCUT2D eigenvalue weighted by Gasteiger charge is 2.24. The van der Waals surface area contributed by atoms with E-state index in [0.717, 1.165) is 5.75 Å². The van der Waals surface area contributed by atoms with Gasteiger partial charge in [0.25, 0.3) is 0 Å². The lowest BCUT2D eigenvalue weighted by atomic mass is 10.3. The molecule has 3 amide bonds. The molecule has 126 valence electrons. The van der Waals surface area contributed by atoms with Crippen molar-refractivity contribution in [2.75, 3.05) is 32.8 Å². The number of hydrogen-bond donors (Lipinski definition) is 1. The van der Waals surface area contributed by atoms with E-state index in [0.29, 0.717) is 39.2 Å². The van der Waals surface area contributed by atoms with Gasteiger partial charge in [-0.25, -0.2) is 4.79 Å². The summed E-state index contributed by atoms with van der Waals surface area (Å²) in [5.74, 6) is 0.848. The number of amides is 3. The number of hydrogen-bond acceptors (Lipinski definition) is 3. The zero-order chi connectivity index (χ0) is 16.7. The first-order chi connectivity index (χ1) is 11.1. The number of nitrogens with zero attached hydrogens (tertiary/aromatic N) is 2. The van der Waals surface area contributed by atoms with Crippen molar-refractivity contribution in [1.82, 2.24) is 15.1 Å². The molecule has 0 aliphatic carbocycles. The molecule has 1 aliphatic heterocycles. The predicted octanol–water partition coefficient (Wildman–Crippen LogP) is 1.72. The SMILES string of the molecule is CC(C)NC(=O)N1CCN(C(=O)CCOc2ccccc2)CC1. The van der Waals surface area contributed by atoms with Crippen molar-refractivity contribution >= 4 is 11.9 Å². The molecule has 1 N–H and O–H groups in total. The van der Waals surface area contributed by atoms with Crippen LogP contribution in [0.1, 0.15) is 20.3 Å². The summed E-state index contributed by atoms with van der Waals surface area (Å²) in [6, 6.07) is 9.54. The Labute approximate surface area is 137 Å². The topological polar surface area (TPSA) is 61.9 Å². The number of carbonyl (C=O) groups excluding carboxylic acids is 2. The standard InChI is InChI=1S/C17H25N3O3/c1-14(2)18-17(22)20-11-9-19(10-12-20)16(21)8-13-23-15-6-4-3-5-7-15/h3-7,14H,8-13H2,1-2H3,(H,18,22). The minimum absolute atomic E-state index is 0.0560. The van der Waals surface area contributed by atoms with E-state index in [9.17, 15) is 9.59 Å². The number of carbonyl (C=O) groups is 2. The molecule has 1 aliphatic rings. The summed E-state index contributed by atoms with van der Waals surface area (Å²) in [5.41, 5.74) is 0. The third-order valence-corrected chi connectivity index (χ3v) is 3.66. The zero-order valence-electron chi connectivity index (χ0n) is 13.8. The molecule has 1 saturated heterocycles. The lowest BCUT2D eigenvalue weighted by molar-refractivity contribution is -0.133. The van der Waals surface area contributed by atoms with Crippen LogP contribution in [0.4, 0.5) is 4.79 Å². The molecule has 23 heavy (non-hydrogen) atoms. The van der Waals surface area contributed by atoms with E-state index >= 15 is 0 Å². The number of benzene rings is 1. The van der Waals surface area contributed by atoms with E-state index in [2.05, 4.69) is 5.32 Å². The van der Waals surface area contributed by atoms with E-state index in [4.69, 9.17) is 4.74 Å². The van der Waals surface area contributed by atoms with Crippen molar-refractivity contribution in [3.8, 4) is 5.75 Å².